The highest BCUT2D eigenvalue weighted by molar-refractivity contribution is 5.88. The fourth-order valence-electron chi connectivity index (χ4n) is 1.67. The molecule has 0 radical (unpaired) electrons. The van der Waals surface area contributed by atoms with E-state index in [2.05, 4.69) is 20.8 Å². The molecule has 2 rings (SSSR count). The van der Waals surface area contributed by atoms with E-state index in [4.69, 9.17) is 4.52 Å². The molecule has 1 aromatic rings. The third-order valence-electron chi connectivity index (χ3n) is 2.41. The van der Waals surface area contributed by atoms with Gasteiger partial charge in [-0.2, -0.15) is 4.98 Å². The zero-order valence-corrected chi connectivity index (χ0v) is 8.62. The van der Waals surface area contributed by atoms with Gasteiger partial charge in [-0.15, -0.1) is 0 Å². The van der Waals surface area contributed by atoms with Crippen LogP contribution in [0.4, 0.5) is 6.01 Å². The number of aromatic nitrogens is 2. The Balaban J connectivity index is 1.81. The van der Waals surface area contributed by atoms with Crippen LogP contribution >= 0.6 is 0 Å². The van der Waals surface area contributed by atoms with E-state index in [0.29, 0.717) is 18.2 Å². The fraction of sp³-hybridized carbons (Fsp3) is 0.667. The molecule has 1 aliphatic heterocycles. The highest BCUT2D eigenvalue weighted by Gasteiger charge is 2.18. The summed E-state index contributed by atoms with van der Waals surface area (Å²) >= 11 is 0. The lowest BCUT2D eigenvalue weighted by atomic mass is 10.1. The molecule has 0 saturated carbocycles. The van der Waals surface area contributed by atoms with Gasteiger partial charge in [0.15, 0.2) is 5.82 Å². The number of amides is 1. The normalized spacial score (nSPS) is 20.5. The molecule has 0 spiro atoms. The minimum absolute atomic E-state index is 0.0626. The molecule has 0 aliphatic carbocycles. The van der Waals surface area contributed by atoms with Crippen LogP contribution in [-0.4, -0.2) is 29.1 Å². The molecule has 1 amide bonds. The van der Waals surface area contributed by atoms with Crippen LogP contribution in [0.1, 0.15) is 18.7 Å². The van der Waals surface area contributed by atoms with Crippen molar-refractivity contribution >= 4 is 11.9 Å². The summed E-state index contributed by atoms with van der Waals surface area (Å²) in [4.78, 5) is 15.4. The summed E-state index contributed by atoms with van der Waals surface area (Å²) in [5.74, 6) is 0.884. The van der Waals surface area contributed by atoms with Crippen LogP contribution in [0.15, 0.2) is 4.52 Å². The molecule has 0 bridgehead atoms. The number of hydrogen-bond acceptors (Lipinski definition) is 5. The third-order valence-corrected chi connectivity index (χ3v) is 2.41. The maximum absolute atomic E-state index is 11.5. The number of hydrogen-bond donors (Lipinski definition) is 2. The van der Waals surface area contributed by atoms with E-state index in [0.717, 1.165) is 19.5 Å². The maximum atomic E-state index is 11.5. The number of carbonyl (C=O) groups is 1. The van der Waals surface area contributed by atoms with Crippen molar-refractivity contribution in [2.75, 3.05) is 18.4 Å². The van der Waals surface area contributed by atoms with Crippen LogP contribution < -0.4 is 10.6 Å². The Kier molecular flexibility index (Phi) is 2.96. The first-order valence-corrected chi connectivity index (χ1v) is 5.05. The third kappa shape index (κ3) is 2.76. The first-order valence-electron chi connectivity index (χ1n) is 5.05. The van der Waals surface area contributed by atoms with Gasteiger partial charge in [-0.1, -0.05) is 5.16 Å². The summed E-state index contributed by atoms with van der Waals surface area (Å²) in [6.07, 6.45) is 1.56. The van der Waals surface area contributed by atoms with Gasteiger partial charge in [-0.3, -0.25) is 10.1 Å². The Morgan fingerprint density at radius 3 is 3.20 bits per heavy atom. The molecule has 2 N–H and O–H groups in total. The van der Waals surface area contributed by atoms with Gasteiger partial charge in [0.25, 0.3) is 0 Å². The van der Waals surface area contributed by atoms with E-state index in [1.807, 2.05) is 0 Å². The van der Waals surface area contributed by atoms with E-state index in [-0.39, 0.29) is 11.9 Å². The van der Waals surface area contributed by atoms with Crippen LogP contribution in [0.25, 0.3) is 0 Å². The molecule has 1 saturated heterocycles. The number of nitrogens with one attached hydrogen (secondary N) is 2. The van der Waals surface area contributed by atoms with Crippen molar-refractivity contribution in [1.82, 2.24) is 15.5 Å². The average Bonchev–Trinajstić information content (AvgIpc) is 2.77. The average molecular weight is 210 g/mol. The van der Waals surface area contributed by atoms with Gasteiger partial charge in [-0.05, 0) is 32.4 Å². The molecule has 6 heteroatoms. The zero-order chi connectivity index (χ0) is 10.7. The second kappa shape index (κ2) is 4.39. The van der Waals surface area contributed by atoms with Crippen molar-refractivity contribution in [2.45, 2.75) is 19.8 Å². The molecule has 0 aromatic carbocycles. The van der Waals surface area contributed by atoms with Gasteiger partial charge >= 0.3 is 6.01 Å². The first-order chi connectivity index (χ1) is 7.24. The van der Waals surface area contributed by atoms with Crippen molar-refractivity contribution in [3.63, 3.8) is 0 Å². The Morgan fingerprint density at radius 2 is 2.60 bits per heavy atom. The highest BCUT2D eigenvalue weighted by Crippen LogP contribution is 2.13. The van der Waals surface area contributed by atoms with E-state index < -0.39 is 0 Å². The lowest BCUT2D eigenvalue weighted by Crippen LogP contribution is -2.18. The van der Waals surface area contributed by atoms with Gasteiger partial charge in [0.2, 0.25) is 5.91 Å². The van der Waals surface area contributed by atoms with Crippen LogP contribution in [0.3, 0.4) is 0 Å². The summed E-state index contributed by atoms with van der Waals surface area (Å²) in [5.41, 5.74) is 0. The molecular weight excluding hydrogens is 196 g/mol. The van der Waals surface area contributed by atoms with Gasteiger partial charge in [0, 0.05) is 6.42 Å². The van der Waals surface area contributed by atoms with Crippen LogP contribution in [0.5, 0.6) is 0 Å². The summed E-state index contributed by atoms with van der Waals surface area (Å²) < 4.78 is 4.79. The van der Waals surface area contributed by atoms with E-state index in [9.17, 15) is 4.79 Å². The smallest absolute Gasteiger partial charge is 0.316 e. The first kappa shape index (κ1) is 10.1. The van der Waals surface area contributed by atoms with Gasteiger partial charge in [0.1, 0.15) is 0 Å². The molecule has 15 heavy (non-hydrogen) atoms. The molecule has 82 valence electrons. The summed E-state index contributed by atoms with van der Waals surface area (Å²) in [6, 6.07) is 0.184. The van der Waals surface area contributed by atoms with E-state index >= 15 is 0 Å². The van der Waals surface area contributed by atoms with Crippen molar-refractivity contribution in [2.24, 2.45) is 5.92 Å². The number of aryl methyl sites for hydroxylation is 1. The molecular formula is C9H14N4O2. The standard InChI is InChI=1S/C9H14N4O2/c1-6-11-9(15-13-6)12-8(14)4-7-2-3-10-5-7/h7,10H,2-5H2,1H3,(H,11,12,13,14). The Bertz CT molecular complexity index is 344. The topological polar surface area (TPSA) is 80.0 Å². The van der Waals surface area contributed by atoms with Gasteiger partial charge in [-0.25, -0.2) is 0 Å². The second-order valence-electron chi connectivity index (χ2n) is 3.76. The Morgan fingerprint density at radius 1 is 1.73 bits per heavy atom. The van der Waals surface area contributed by atoms with Gasteiger partial charge in [0.05, 0.1) is 0 Å². The van der Waals surface area contributed by atoms with Crippen LogP contribution in [0, 0.1) is 12.8 Å². The van der Waals surface area contributed by atoms with Gasteiger partial charge < -0.3 is 9.84 Å². The lowest BCUT2D eigenvalue weighted by Gasteiger charge is -2.05. The maximum Gasteiger partial charge on any atom is 0.328 e. The molecule has 6 nitrogen and oxygen atoms in total. The number of rotatable bonds is 3. The molecule has 1 aromatic heterocycles. The number of carbonyl (C=O) groups excluding carboxylic acids is 1. The molecule has 1 unspecified atom stereocenters. The van der Waals surface area contributed by atoms with E-state index in [1.165, 1.54) is 0 Å². The molecule has 1 fully saturated rings. The summed E-state index contributed by atoms with van der Waals surface area (Å²) in [6.45, 7) is 3.62. The monoisotopic (exact) mass is 210 g/mol. The molecule has 1 atom stereocenters. The highest BCUT2D eigenvalue weighted by atomic mass is 16.5. The van der Waals surface area contributed by atoms with E-state index in [1.54, 1.807) is 6.92 Å². The SMILES string of the molecule is Cc1noc(NC(=O)CC2CCNC2)n1. The Hall–Kier alpha value is -1.43. The van der Waals surface area contributed by atoms with Crippen molar-refractivity contribution in [1.29, 1.82) is 0 Å². The minimum Gasteiger partial charge on any atom is -0.316 e. The lowest BCUT2D eigenvalue weighted by molar-refractivity contribution is -0.117. The van der Waals surface area contributed by atoms with Crippen molar-refractivity contribution < 1.29 is 9.32 Å². The quantitative estimate of drug-likeness (QED) is 0.750. The predicted molar refractivity (Wildman–Crippen MR) is 53.3 cm³/mol. The largest absolute Gasteiger partial charge is 0.328 e. The summed E-state index contributed by atoms with van der Waals surface area (Å²) in [7, 11) is 0. The van der Waals surface area contributed by atoms with Crippen molar-refractivity contribution in [3.05, 3.63) is 5.82 Å². The Labute approximate surface area is 87.4 Å². The zero-order valence-electron chi connectivity index (χ0n) is 8.62. The van der Waals surface area contributed by atoms with Crippen molar-refractivity contribution in [3.8, 4) is 0 Å². The molecule has 2 heterocycles. The minimum atomic E-state index is -0.0626. The number of anilines is 1. The second-order valence-corrected chi connectivity index (χ2v) is 3.76. The summed E-state index contributed by atoms with van der Waals surface area (Å²) in [5, 5.41) is 9.39. The number of nitrogens with zero attached hydrogens (tertiary/aromatic N) is 2. The fourth-order valence-corrected chi connectivity index (χ4v) is 1.67. The van der Waals surface area contributed by atoms with Crippen LogP contribution in [-0.2, 0) is 4.79 Å². The molecule has 1 aliphatic rings. The predicted octanol–water partition coefficient (Wildman–Crippen LogP) is 0.316. The van der Waals surface area contributed by atoms with Crippen LogP contribution in [0.2, 0.25) is 0 Å².